The molecule has 3 nitrogen and oxygen atoms in total. The van der Waals surface area contributed by atoms with Gasteiger partial charge in [-0.3, -0.25) is 4.79 Å². The zero-order valence-electron chi connectivity index (χ0n) is 8.90. The Morgan fingerprint density at radius 1 is 1.67 bits per heavy atom. The average molecular weight is 242 g/mol. The van der Waals surface area contributed by atoms with E-state index in [1.807, 2.05) is 17.1 Å². The fourth-order valence-corrected chi connectivity index (χ4v) is 3.74. The number of Topliss-reactive ketones (excluding diaryl/α,β-unsaturated/α-hetero) is 1. The molecule has 1 aromatic rings. The number of nitrogens with zero attached hydrogens (tertiary/aromatic N) is 2. The van der Waals surface area contributed by atoms with Gasteiger partial charge in [-0.05, 0) is 12.2 Å². The molecular weight excluding hydrogens is 228 g/mol. The molecule has 1 aromatic heterocycles. The molecule has 1 aliphatic heterocycles. The molecule has 1 aliphatic rings. The van der Waals surface area contributed by atoms with Gasteiger partial charge in [0.15, 0.2) is 10.9 Å². The Morgan fingerprint density at radius 2 is 2.47 bits per heavy atom. The van der Waals surface area contributed by atoms with Crippen LogP contribution in [0.25, 0.3) is 0 Å². The van der Waals surface area contributed by atoms with Crippen LogP contribution in [0.15, 0.2) is 5.38 Å². The van der Waals surface area contributed by atoms with Crippen molar-refractivity contribution >= 4 is 34.0 Å². The first-order valence-electron chi connectivity index (χ1n) is 4.95. The third kappa shape index (κ3) is 2.34. The van der Waals surface area contributed by atoms with Gasteiger partial charge in [-0.15, -0.1) is 11.3 Å². The molecule has 2 heterocycles. The van der Waals surface area contributed by atoms with Crippen LogP contribution in [0.4, 0.5) is 5.13 Å². The first kappa shape index (κ1) is 11.0. The molecule has 0 spiro atoms. The third-order valence-electron chi connectivity index (χ3n) is 2.61. The highest BCUT2D eigenvalue weighted by molar-refractivity contribution is 7.99. The fraction of sp³-hybridized carbons (Fsp3) is 0.600. The number of hydrogen-bond acceptors (Lipinski definition) is 5. The van der Waals surface area contributed by atoms with E-state index in [1.165, 1.54) is 17.9 Å². The summed E-state index contributed by atoms with van der Waals surface area (Å²) >= 11 is 3.54. The zero-order chi connectivity index (χ0) is 10.8. The van der Waals surface area contributed by atoms with Gasteiger partial charge < -0.3 is 4.90 Å². The van der Waals surface area contributed by atoms with E-state index in [-0.39, 0.29) is 5.78 Å². The Bertz CT molecular complexity index is 358. The van der Waals surface area contributed by atoms with Crippen molar-refractivity contribution in [3.05, 3.63) is 11.1 Å². The van der Waals surface area contributed by atoms with E-state index in [0.717, 1.165) is 5.13 Å². The largest absolute Gasteiger partial charge is 0.347 e. The van der Waals surface area contributed by atoms with Gasteiger partial charge in [0, 0.05) is 31.1 Å². The Kier molecular flexibility index (Phi) is 3.31. The molecule has 0 aromatic carbocycles. The summed E-state index contributed by atoms with van der Waals surface area (Å²) in [6.45, 7) is 1.56. The summed E-state index contributed by atoms with van der Waals surface area (Å²) < 4.78 is 0. The van der Waals surface area contributed by atoms with Gasteiger partial charge >= 0.3 is 0 Å². The normalized spacial score (nSPS) is 20.5. The van der Waals surface area contributed by atoms with Gasteiger partial charge in [0.1, 0.15) is 5.69 Å². The second-order valence-electron chi connectivity index (χ2n) is 3.70. The van der Waals surface area contributed by atoms with E-state index in [4.69, 9.17) is 0 Å². The molecule has 82 valence electrons. The highest BCUT2D eigenvalue weighted by Gasteiger charge is 2.22. The van der Waals surface area contributed by atoms with E-state index < -0.39 is 0 Å². The third-order valence-corrected chi connectivity index (χ3v) is 4.68. The molecule has 1 atom stereocenters. The Labute approximate surface area is 97.9 Å². The van der Waals surface area contributed by atoms with Gasteiger partial charge in [-0.2, -0.15) is 11.8 Å². The molecule has 2 rings (SSSR count). The minimum Gasteiger partial charge on any atom is -0.347 e. The van der Waals surface area contributed by atoms with Crippen LogP contribution in [0.1, 0.15) is 23.8 Å². The molecule has 0 radical (unpaired) electrons. The minimum absolute atomic E-state index is 0.0479. The van der Waals surface area contributed by atoms with Crippen LogP contribution < -0.4 is 4.90 Å². The summed E-state index contributed by atoms with van der Waals surface area (Å²) in [6.07, 6.45) is 1.22. The van der Waals surface area contributed by atoms with Gasteiger partial charge in [0.25, 0.3) is 0 Å². The number of thioether (sulfide) groups is 1. The molecule has 0 aliphatic carbocycles. The summed E-state index contributed by atoms with van der Waals surface area (Å²) in [5.41, 5.74) is 0.590. The van der Waals surface area contributed by atoms with Crippen molar-refractivity contribution in [2.75, 3.05) is 23.5 Å². The van der Waals surface area contributed by atoms with E-state index in [9.17, 15) is 4.79 Å². The monoisotopic (exact) mass is 242 g/mol. The quantitative estimate of drug-likeness (QED) is 0.761. The lowest BCUT2D eigenvalue weighted by Crippen LogP contribution is -2.31. The van der Waals surface area contributed by atoms with Gasteiger partial charge in [-0.25, -0.2) is 4.98 Å². The summed E-state index contributed by atoms with van der Waals surface area (Å²) in [5, 5.41) is 2.81. The molecule has 1 saturated heterocycles. The smallest absolute Gasteiger partial charge is 0.185 e. The van der Waals surface area contributed by atoms with Crippen molar-refractivity contribution in [2.45, 2.75) is 19.4 Å². The number of hydrogen-bond donors (Lipinski definition) is 0. The standard InChI is InChI=1S/C10H14N2OS2/c1-7(13)9-6-15-10(11-9)12(2)8-3-4-14-5-8/h6,8H,3-5H2,1-2H3. The molecule has 0 saturated carbocycles. The zero-order valence-corrected chi connectivity index (χ0v) is 10.5. The summed E-state index contributed by atoms with van der Waals surface area (Å²) in [5.74, 6) is 2.46. The van der Waals surface area contributed by atoms with Crippen molar-refractivity contribution in [3.63, 3.8) is 0 Å². The van der Waals surface area contributed by atoms with Gasteiger partial charge in [0.2, 0.25) is 0 Å². The number of ketones is 1. The van der Waals surface area contributed by atoms with Crippen LogP contribution in [0, 0.1) is 0 Å². The molecule has 1 unspecified atom stereocenters. The molecule has 5 heteroatoms. The number of carbonyl (C=O) groups is 1. The van der Waals surface area contributed by atoms with E-state index in [1.54, 1.807) is 18.3 Å². The molecule has 1 fully saturated rings. The summed E-state index contributed by atoms with van der Waals surface area (Å²) in [6, 6.07) is 0.584. The fourth-order valence-electron chi connectivity index (χ4n) is 1.57. The van der Waals surface area contributed by atoms with Crippen LogP contribution in [0.2, 0.25) is 0 Å². The second-order valence-corrected chi connectivity index (χ2v) is 5.69. The Morgan fingerprint density at radius 3 is 3.00 bits per heavy atom. The molecule has 0 amide bonds. The lowest BCUT2D eigenvalue weighted by molar-refractivity contribution is 0.101. The van der Waals surface area contributed by atoms with Crippen molar-refractivity contribution in [1.82, 2.24) is 4.98 Å². The molecule has 15 heavy (non-hydrogen) atoms. The highest BCUT2D eigenvalue weighted by atomic mass is 32.2. The first-order chi connectivity index (χ1) is 7.18. The van der Waals surface area contributed by atoms with Crippen LogP contribution >= 0.6 is 23.1 Å². The van der Waals surface area contributed by atoms with Gasteiger partial charge in [-0.1, -0.05) is 0 Å². The average Bonchev–Trinajstić information content (AvgIpc) is 2.88. The summed E-state index contributed by atoms with van der Waals surface area (Å²) in [4.78, 5) is 17.7. The van der Waals surface area contributed by atoms with Crippen LogP contribution in [0.3, 0.4) is 0 Å². The first-order valence-corrected chi connectivity index (χ1v) is 6.99. The van der Waals surface area contributed by atoms with Crippen molar-refractivity contribution in [1.29, 1.82) is 0 Å². The lowest BCUT2D eigenvalue weighted by atomic mass is 10.2. The number of carbonyl (C=O) groups excluding carboxylic acids is 1. The maximum atomic E-state index is 11.1. The van der Waals surface area contributed by atoms with E-state index in [0.29, 0.717) is 11.7 Å². The predicted octanol–water partition coefficient (Wildman–Crippen LogP) is 2.29. The lowest BCUT2D eigenvalue weighted by Gasteiger charge is -2.22. The minimum atomic E-state index is 0.0479. The van der Waals surface area contributed by atoms with Crippen LogP contribution in [-0.2, 0) is 0 Å². The van der Waals surface area contributed by atoms with Crippen LogP contribution in [0.5, 0.6) is 0 Å². The topological polar surface area (TPSA) is 33.2 Å². The van der Waals surface area contributed by atoms with Crippen molar-refractivity contribution in [3.8, 4) is 0 Å². The second kappa shape index (κ2) is 4.53. The Hall–Kier alpha value is -0.550. The molecular formula is C10H14N2OS2. The highest BCUT2D eigenvalue weighted by Crippen LogP contribution is 2.28. The van der Waals surface area contributed by atoms with Gasteiger partial charge in [0.05, 0.1) is 0 Å². The summed E-state index contributed by atoms with van der Waals surface area (Å²) in [7, 11) is 2.07. The van der Waals surface area contributed by atoms with Crippen LogP contribution in [-0.4, -0.2) is 35.4 Å². The number of anilines is 1. The predicted molar refractivity (Wildman–Crippen MR) is 66.3 cm³/mol. The molecule has 0 bridgehead atoms. The van der Waals surface area contributed by atoms with Crippen molar-refractivity contribution in [2.24, 2.45) is 0 Å². The number of aromatic nitrogens is 1. The van der Waals surface area contributed by atoms with E-state index >= 15 is 0 Å². The SMILES string of the molecule is CC(=O)c1csc(N(C)C2CCSC2)n1. The Balaban J connectivity index is 2.10. The maximum Gasteiger partial charge on any atom is 0.185 e. The molecule has 0 N–H and O–H groups in total. The number of rotatable bonds is 3. The van der Waals surface area contributed by atoms with E-state index in [2.05, 4.69) is 16.9 Å². The van der Waals surface area contributed by atoms with Crippen molar-refractivity contribution < 1.29 is 4.79 Å². The maximum absolute atomic E-state index is 11.1. The number of thiazole rings is 1.